The summed E-state index contributed by atoms with van der Waals surface area (Å²) in [6, 6.07) is 4.94. The van der Waals surface area contributed by atoms with Crippen molar-refractivity contribution in [2.75, 3.05) is 13.1 Å². The van der Waals surface area contributed by atoms with Gasteiger partial charge in [-0.2, -0.15) is 0 Å². The smallest absolute Gasteiger partial charge is 0.186 e. The van der Waals surface area contributed by atoms with E-state index in [2.05, 4.69) is 18.8 Å². The SMILES string of the molecule is C=C(F)C=CCCCC(C)CNCC(=O)C(CC)Oc1ccc(Cl)cc1Cl. The number of unbranched alkanes of at least 4 members (excludes halogenated alkanes) is 1. The fourth-order valence-electron chi connectivity index (χ4n) is 2.55. The number of carbonyl (C=O) groups is 1. The van der Waals surface area contributed by atoms with E-state index in [1.807, 2.05) is 6.92 Å². The van der Waals surface area contributed by atoms with Crippen LogP contribution in [0.2, 0.25) is 10.0 Å². The third kappa shape index (κ3) is 9.94. The highest BCUT2D eigenvalue weighted by molar-refractivity contribution is 6.35. The van der Waals surface area contributed by atoms with Crippen LogP contribution in [0.5, 0.6) is 5.75 Å². The molecule has 1 rings (SSSR count). The zero-order chi connectivity index (χ0) is 20.2. The second kappa shape index (κ2) is 12.9. The monoisotopic (exact) mass is 415 g/mol. The molecule has 0 heterocycles. The number of hydrogen-bond acceptors (Lipinski definition) is 3. The van der Waals surface area contributed by atoms with Crippen molar-refractivity contribution in [3.63, 3.8) is 0 Å². The predicted octanol–water partition coefficient (Wildman–Crippen LogP) is 6.16. The molecular formula is C21H28Cl2FNO2. The minimum atomic E-state index is -0.551. The van der Waals surface area contributed by atoms with Crippen LogP contribution in [0.1, 0.15) is 39.5 Å². The molecule has 0 fully saturated rings. The van der Waals surface area contributed by atoms with Crippen LogP contribution in [0, 0.1) is 5.92 Å². The fourth-order valence-corrected chi connectivity index (χ4v) is 3.01. The first-order valence-corrected chi connectivity index (χ1v) is 9.95. The normalized spacial score (nSPS) is 13.5. The van der Waals surface area contributed by atoms with Gasteiger partial charge >= 0.3 is 0 Å². The maximum absolute atomic E-state index is 12.5. The molecule has 0 spiro atoms. The zero-order valence-electron chi connectivity index (χ0n) is 15.9. The molecule has 1 aromatic carbocycles. The van der Waals surface area contributed by atoms with Crippen molar-refractivity contribution in [2.45, 2.75) is 45.6 Å². The van der Waals surface area contributed by atoms with Crippen molar-refractivity contribution in [1.82, 2.24) is 5.32 Å². The summed E-state index contributed by atoms with van der Waals surface area (Å²) >= 11 is 12.0. The summed E-state index contributed by atoms with van der Waals surface area (Å²) in [4.78, 5) is 12.4. The molecule has 1 aromatic rings. The van der Waals surface area contributed by atoms with Crippen molar-refractivity contribution in [3.05, 3.63) is 52.8 Å². The molecule has 2 unspecified atom stereocenters. The Morgan fingerprint density at radius 1 is 1.41 bits per heavy atom. The average Bonchev–Trinajstić information content (AvgIpc) is 2.60. The lowest BCUT2D eigenvalue weighted by Crippen LogP contribution is -2.36. The van der Waals surface area contributed by atoms with E-state index in [-0.39, 0.29) is 12.3 Å². The predicted molar refractivity (Wildman–Crippen MR) is 111 cm³/mol. The third-order valence-corrected chi connectivity index (χ3v) is 4.58. The van der Waals surface area contributed by atoms with E-state index in [1.165, 1.54) is 6.08 Å². The van der Waals surface area contributed by atoms with Crippen LogP contribution in [0.4, 0.5) is 4.39 Å². The van der Waals surface area contributed by atoms with Crippen LogP contribution in [0.15, 0.2) is 42.8 Å². The molecule has 150 valence electrons. The molecule has 27 heavy (non-hydrogen) atoms. The summed E-state index contributed by atoms with van der Waals surface area (Å²) in [5.74, 6) is 0.445. The molecule has 0 bridgehead atoms. The number of benzene rings is 1. The molecule has 0 aliphatic rings. The molecule has 0 saturated carbocycles. The van der Waals surface area contributed by atoms with Gasteiger partial charge in [0, 0.05) is 5.02 Å². The molecule has 3 nitrogen and oxygen atoms in total. The topological polar surface area (TPSA) is 38.3 Å². The summed E-state index contributed by atoms with van der Waals surface area (Å²) in [7, 11) is 0. The number of halogens is 3. The molecule has 0 saturated heterocycles. The molecule has 6 heteroatoms. The average molecular weight is 416 g/mol. The maximum atomic E-state index is 12.5. The molecule has 0 aliphatic heterocycles. The first-order valence-electron chi connectivity index (χ1n) is 9.19. The minimum absolute atomic E-state index is 0.0138. The highest BCUT2D eigenvalue weighted by Gasteiger charge is 2.19. The molecule has 0 aromatic heterocycles. The van der Waals surface area contributed by atoms with Crippen molar-refractivity contribution in [1.29, 1.82) is 0 Å². The number of carbonyl (C=O) groups excluding carboxylic acids is 1. The number of rotatable bonds is 13. The van der Waals surface area contributed by atoms with Crippen molar-refractivity contribution in [2.24, 2.45) is 5.92 Å². The van der Waals surface area contributed by atoms with Crippen LogP contribution in [-0.2, 0) is 4.79 Å². The lowest BCUT2D eigenvalue weighted by Gasteiger charge is -2.18. The van der Waals surface area contributed by atoms with E-state index >= 15 is 0 Å². The zero-order valence-corrected chi connectivity index (χ0v) is 17.5. The second-order valence-corrected chi connectivity index (χ2v) is 7.42. The standard InChI is InChI=1S/C21H28Cl2FNO2/c1-4-20(27-21-11-10-17(22)12-18(21)23)19(26)14-25-13-15(2)8-6-5-7-9-16(3)24/h7,9-12,15,20,25H,3-6,8,13-14H2,1-2H3. The third-order valence-electron chi connectivity index (χ3n) is 4.05. The van der Waals surface area contributed by atoms with Gasteiger partial charge in [0.2, 0.25) is 0 Å². The number of hydrogen-bond donors (Lipinski definition) is 1. The van der Waals surface area contributed by atoms with Crippen LogP contribution in [0.3, 0.4) is 0 Å². The van der Waals surface area contributed by atoms with Gasteiger partial charge in [0.25, 0.3) is 0 Å². The Kier molecular flexibility index (Phi) is 11.3. The Morgan fingerprint density at radius 2 is 2.15 bits per heavy atom. The number of allylic oxidation sites excluding steroid dienone is 3. The van der Waals surface area contributed by atoms with Gasteiger partial charge in [0.1, 0.15) is 11.6 Å². The fraction of sp³-hybridized carbons (Fsp3) is 0.476. The van der Waals surface area contributed by atoms with E-state index < -0.39 is 11.9 Å². The first kappa shape index (κ1) is 23.7. The van der Waals surface area contributed by atoms with Gasteiger partial charge in [-0.05, 0) is 62.4 Å². The Bertz CT molecular complexity index is 649. The summed E-state index contributed by atoms with van der Waals surface area (Å²) in [5.41, 5.74) is 0. The van der Waals surface area contributed by atoms with E-state index in [0.717, 1.165) is 25.8 Å². The Balaban J connectivity index is 2.33. The summed E-state index contributed by atoms with van der Waals surface area (Å²) in [5, 5.41) is 4.10. The van der Waals surface area contributed by atoms with Gasteiger partial charge in [-0.25, -0.2) is 4.39 Å². The summed E-state index contributed by atoms with van der Waals surface area (Å²) in [6.07, 6.45) is 5.97. The van der Waals surface area contributed by atoms with Gasteiger partial charge in [0.05, 0.1) is 11.6 Å². The van der Waals surface area contributed by atoms with Crippen LogP contribution in [-0.4, -0.2) is 25.0 Å². The van der Waals surface area contributed by atoms with Gasteiger partial charge < -0.3 is 10.1 Å². The van der Waals surface area contributed by atoms with E-state index in [4.69, 9.17) is 27.9 Å². The molecule has 2 atom stereocenters. The van der Waals surface area contributed by atoms with Crippen LogP contribution >= 0.6 is 23.2 Å². The Hall–Kier alpha value is -1.36. The van der Waals surface area contributed by atoms with Crippen LogP contribution < -0.4 is 10.1 Å². The molecule has 1 N–H and O–H groups in total. The first-order chi connectivity index (χ1) is 12.8. The lowest BCUT2D eigenvalue weighted by molar-refractivity contribution is -0.125. The summed E-state index contributed by atoms with van der Waals surface area (Å²) in [6.45, 7) is 8.19. The second-order valence-electron chi connectivity index (χ2n) is 6.57. The van der Waals surface area contributed by atoms with Crippen molar-refractivity contribution in [3.8, 4) is 5.75 Å². The summed E-state index contributed by atoms with van der Waals surface area (Å²) < 4.78 is 18.2. The quantitative estimate of drug-likeness (QED) is 0.309. The van der Waals surface area contributed by atoms with E-state index in [0.29, 0.717) is 28.1 Å². The molecule has 0 amide bonds. The van der Waals surface area contributed by atoms with E-state index in [9.17, 15) is 9.18 Å². The van der Waals surface area contributed by atoms with Crippen molar-refractivity contribution < 1.29 is 13.9 Å². The Labute approximate surface area is 171 Å². The number of Topliss-reactive ketones (excluding diaryl/α,β-unsaturated/α-hetero) is 1. The Morgan fingerprint density at radius 3 is 2.78 bits per heavy atom. The van der Waals surface area contributed by atoms with Crippen molar-refractivity contribution >= 4 is 29.0 Å². The number of nitrogens with one attached hydrogen (secondary N) is 1. The van der Waals surface area contributed by atoms with Gasteiger partial charge in [0.15, 0.2) is 11.9 Å². The number of ketones is 1. The molecular weight excluding hydrogens is 388 g/mol. The van der Waals surface area contributed by atoms with Gasteiger partial charge in [-0.15, -0.1) is 0 Å². The van der Waals surface area contributed by atoms with Gasteiger partial charge in [-0.1, -0.05) is 49.7 Å². The molecule has 0 radical (unpaired) electrons. The highest BCUT2D eigenvalue weighted by Crippen LogP contribution is 2.28. The minimum Gasteiger partial charge on any atom is -0.481 e. The highest BCUT2D eigenvalue weighted by atomic mass is 35.5. The van der Waals surface area contributed by atoms with Gasteiger partial charge in [-0.3, -0.25) is 4.79 Å². The lowest BCUT2D eigenvalue weighted by atomic mass is 10.0. The van der Waals surface area contributed by atoms with E-state index in [1.54, 1.807) is 24.3 Å². The largest absolute Gasteiger partial charge is 0.481 e. The number of ether oxygens (including phenoxy) is 1. The van der Waals surface area contributed by atoms with Crippen LogP contribution in [0.25, 0.3) is 0 Å². The maximum Gasteiger partial charge on any atom is 0.186 e. The molecule has 0 aliphatic carbocycles.